The number of amides is 1. The van der Waals surface area contributed by atoms with Crippen LogP contribution in [0, 0.1) is 24.6 Å². The lowest BCUT2D eigenvalue weighted by molar-refractivity contribution is -0.150. The van der Waals surface area contributed by atoms with E-state index in [2.05, 4.69) is 5.32 Å². The fourth-order valence-corrected chi connectivity index (χ4v) is 3.62. The second kappa shape index (κ2) is 9.34. The van der Waals surface area contributed by atoms with Gasteiger partial charge in [-0.1, -0.05) is 13.8 Å². The van der Waals surface area contributed by atoms with Crippen molar-refractivity contribution >= 4 is 34.3 Å². The number of carboxylic acids is 1. The summed E-state index contributed by atoms with van der Waals surface area (Å²) in [6, 6.07) is 0.873. The number of ketones is 2. The van der Waals surface area contributed by atoms with Crippen molar-refractivity contribution in [3.63, 3.8) is 0 Å². The molecule has 31 heavy (non-hydrogen) atoms. The number of benzene rings is 1. The molecule has 0 fully saturated rings. The standard InChI is InChI=1S/C21H25F2N3O5/c1-9(2)17(19(28)15(21(30)31)16(24)14(27)8-22)25-20(29)18-10(3)12-7-11(23)5-6-13(12)26(18)4/h5-7,9,15-17H,8,24H2,1-4H3,(H,25,29)(H,30,31)/t15?,16?,17-/m0/s1. The first-order valence-corrected chi connectivity index (χ1v) is 9.58. The molecule has 0 saturated heterocycles. The van der Waals surface area contributed by atoms with Gasteiger partial charge in [-0.25, -0.2) is 8.78 Å². The van der Waals surface area contributed by atoms with Crippen LogP contribution in [0.5, 0.6) is 0 Å². The minimum Gasteiger partial charge on any atom is -0.481 e. The average molecular weight is 437 g/mol. The summed E-state index contributed by atoms with van der Waals surface area (Å²) in [7, 11) is 1.60. The quantitative estimate of drug-likeness (QED) is 0.510. The highest BCUT2D eigenvalue weighted by Crippen LogP contribution is 2.26. The van der Waals surface area contributed by atoms with Gasteiger partial charge in [-0.15, -0.1) is 0 Å². The Kier molecular flexibility index (Phi) is 7.27. The fourth-order valence-electron chi connectivity index (χ4n) is 3.62. The van der Waals surface area contributed by atoms with E-state index in [1.807, 2.05) is 0 Å². The first-order chi connectivity index (χ1) is 14.4. The van der Waals surface area contributed by atoms with Crippen molar-refractivity contribution in [3.05, 3.63) is 35.3 Å². The summed E-state index contributed by atoms with van der Waals surface area (Å²) in [4.78, 5) is 49.2. The molecule has 4 N–H and O–H groups in total. The number of carbonyl (C=O) groups is 4. The topological polar surface area (TPSA) is 131 Å². The molecule has 3 atom stereocenters. The number of hydrogen-bond acceptors (Lipinski definition) is 5. The highest BCUT2D eigenvalue weighted by Gasteiger charge is 2.41. The van der Waals surface area contributed by atoms with Crippen LogP contribution in [0.1, 0.15) is 29.9 Å². The van der Waals surface area contributed by atoms with E-state index in [0.717, 1.165) is 0 Å². The molecule has 0 bridgehead atoms. The van der Waals surface area contributed by atoms with Crippen molar-refractivity contribution in [3.8, 4) is 0 Å². The molecule has 1 aromatic carbocycles. The number of carboxylic acid groups (broad SMARTS) is 1. The Morgan fingerprint density at radius 1 is 1.23 bits per heavy atom. The molecule has 1 heterocycles. The third-order valence-corrected chi connectivity index (χ3v) is 5.32. The van der Waals surface area contributed by atoms with Crippen LogP contribution in [-0.2, 0) is 21.4 Å². The van der Waals surface area contributed by atoms with Gasteiger partial charge in [0.05, 0.1) is 12.1 Å². The second-order valence-corrected chi connectivity index (χ2v) is 7.73. The molecule has 168 valence electrons. The Hall–Kier alpha value is -3.14. The van der Waals surface area contributed by atoms with Gasteiger partial charge in [0.1, 0.15) is 24.1 Å². The van der Waals surface area contributed by atoms with Crippen LogP contribution in [0.4, 0.5) is 8.78 Å². The highest BCUT2D eigenvalue weighted by molar-refractivity contribution is 6.09. The summed E-state index contributed by atoms with van der Waals surface area (Å²) >= 11 is 0. The molecule has 0 aliphatic heterocycles. The number of nitrogens with zero attached hydrogens (tertiary/aromatic N) is 1. The predicted molar refractivity (Wildman–Crippen MR) is 109 cm³/mol. The van der Waals surface area contributed by atoms with Gasteiger partial charge in [0.2, 0.25) is 0 Å². The van der Waals surface area contributed by atoms with Gasteiger partial charge < -0.3 is 20.7 Å². The summed E-state index contributed by atoms with van der Waals surface area (Å²) in [6.07, 6.45) is 0. The fraction of sp³-hybridized carbons (Fsp3) is 0.429. The number of rotatable bonds is 9. The number of nitrogens with one attached hydrogen (secondary N) is 1. The minimum absolute atomic E-state index is 0.162. The van der Waals surface area contributed by atoms with E-state index in [0.29, 0.717) is 16.5 Å². The molecule has 2 unspecified atom stereocenters. The number of carbonyl (C=O) groups excluding carboxylic acids is 3. The van der Waals surface area contributed by atoms with E-state index in [1.54, 1.807) is 27.8 Å². The first kappa shape index (κ1) is 24.1. The molecule has 8 nitrogen and oxygen atoms in total. The molecule has 2 aromatic rings. The minimum atomic E-state index is -2.02. The SMILES string of the molecule is Cc1c(C(=O)N[C@H](C(=O)C(C(=O)O)C(N)C(=O)CF)C(C)C)n(C)c2ccc(F)cc12. The number of aromatic nitrogens is 1. The number of fused-ring (bicyclic) bond motifs is 1. The smallest absolute Gasteiger partial charge is 0.316 e. The highest BCUT2D eigenvalue weighted by atomic mass is 19.1. The molecule has 0 saturated carbocycles. The zero-order valence-electron chi connectivity index (χ0n) is 17.6. The Balaban J connectivity index is 2.42. The first-order valence-electron chi connectivity index (χ1n) is 9.58. The van der Waals surface area contributed by atoms with Crippen molar-refractivity contribution in [2.75, 3.05) is 6.67 Å². The number of alkyl halides is 1. The number of hydrogen-bond donors (Lipinski definition) is 3. The van der Waals surface area contributed by atoms with Gasteiger partial charge in [0.15, 0.2) is 11.6 Å². The lowest BCUT2D eigenvalue weighted by Gasteiger charge is -2.26. The Morgan fingerprint density at radius 2 is 1.84 bits per heavy atom. The molecule has 10 heteroatoms. The van der Waals surface area contributed by atoms with Crippen molar-refractivity contribution in [1.29, 1.82) is 0 Å². The summed E-state index contributed by atoms with van der Waals surface area (Å²) in [6.45, 7) is 3.27. The third-order valence-electron chi connectivity index (χ3n) is 5.32. The Morgan fingerprint density at radius 3 is 2.35 bits per heavy atom. The summed E-state index contributed by atoms with van der Waals surface area (Å²) in [5.41, 5.74) is 6.75. The molecule has 0 radical (unpaired) electrons. The van der Waals surface area contributed by atoms with Gasteiger partial charge in [-0.2, -0.15) is 0 Å². The van der Waals surface area contributed by atoms with Gasteiger partial charge in [-0.05, 0) is 36.6 Å². The van der Waals surface area contributed by atoms with Crippen molar-refractivity contribution < 1.29 is 33.1 Å². The van der Waals surface area contributed by atoms with Crippen LogP contribution in [0.3, 0.4) is 0 Å². The van der Waals surface area contributed by atoms with Gasteiger partial charge in [0.25, 0.3) is 5.91 Å². The van der Waals surface area contributed by atoms with Crippen molar-refractivity contribution in [1.82, 2.24) is 9.88 Å². The molecule has 0 aliphatic rings. The maximum absolute atomic E-state index is 13.6. The molecule has 2 rings (SSSR count). The van der Waals surface area contributed by atoms with E-state index in [-0.39, 0.29) is 5.69 Å². The van der Waals surface area contributed by atoms with Crippen LogP contribution in [0.15, 0.2) is 18.2 Å². The van der Waals surface area contributed by atoms with E-state index in [4.69, 9.17) is 5.73 Å². The average Bonchev–Trinajstić information content (AvgIpc) is 2.94. The molecular weight excluding hydrogens is 412 g/mol. The largest absolute Gasteiger partial charge is 0.481 e. The lowest BCUT2D eigenvalue weighted by atomic mass is 9.85. The molecule has 1 aromatic heterocycles. The lowest BCUT2D eigenvalue weighted by Crippen LogP contribution is -2.55. The molecular formula is C21H25F2N3O5. The Labute approximate surface area is 177 Å². The normalized spacial score (nSPS) is 14.3. The van der Waals surface area contributed by atoms with Gasteiger partial charge >= 0.3 is 5.97 Å². The maximum Gasteiger partial charge on any atom is 0.316 e. The van der Waals surface area contributed by atoms with Crippen molar-refractivity contribution in [2.45, 2.75) is 32.9 Å². The summed E-state index contributed by atoms with van der Waals surface area (Å²) in [5, 5.41) is 12.4. The zero-order valence-corrected chi connectivity index (χ0v) is 17.6. The van der Waals surface area contributed by atoms with Gasteiger partial charge in [-0.3, -0.25) is 19.2 Å². The third kappa shape index (κ3) is 4.63. The zero-order chi connectivity index (χ0) is 23.6. The predicted octanol–water partition coefficient (Wildman–Crippen LogP) is 1.52. The maximum atomic E-state index is 13.6. The molecule has 0 spiro atoms. The van der Waals surface area contributed by atoms with Crippen LogP contribution >= 0.6 is 0 Å². The van der Waals surface area contributed by atoms with Crippen molar-refractivity contribution in [2.24, 2.45) is 24.6 Å². The number of nitrogens with two attached hydrogens (primary N) is 1. The van der Waals surface area contributed by atoms with Gasteiger partial charge in [0, 0.05) is 18.0 Å². The second-order valence-electron chi connectivity index (χ2n) is 7.73. The number of halogens is 2. The molecule has 0 aliphatic carbocycles. The van der Waals surface area contributed by atoms with E-state index >= 15 is 0 Å². The van der Waals surface area contributed by atoms with E-state index in [1.165, 1.54) is 22.8 Å². The van der Waals surface area contributed by atoms with Crippen LogP contribution in [0.2, 0.25) is 0 Å². The van der Waals surface area contributed by atoms with Crippen LogP contribution in [0.25, 0.3) is 10.9 Å². The van der Waals surface area contributed by atoms with Crippen LogP contribution in [-0.4, -0.2) is 51.9 Å². The van der Waals surface area contributed by atoms with E-state index < -0.39 is 59.9 Å². The van der Waals surface area contributed by atoms with Crippen LogP contribution < -0.4 is 11.1 Å². The monoisotopic (exact) mass is 437 g/mol. The number of aliphatic carboxylic acids is 1. The summed E-state index contributed by atoms with van der Waals surface area (Å²) in [5.74, 6) is -7.64. The Bertz CT molecular complexity index is 1050. The number of aryl methyl sites for hydroxylation is 2. The number of Topliss-reactive ketones (excluding diaryl/α,β-unsaturated/α-hetero) is 2. The van der Waals surface area contributed by atoms with E-state index in [9.17, 15) is 33.1 Å². The molecule has 1 amide bonds. The summed E-state index contributed by atoms with van der Waals surface area (Å²) < 4.78 is 27.9.